The highest BCUT2D eigenvalue weighted by atomic mass is 16.5. The van der Waals surface area contributed by atoms with Crippen molar-refractivity contribution in [1.82, 2.24) is 9.80 Å². The first-order valence-corrected chi connectivity index (χ1v) is 7.90. The van der Waals surface area contributed by atoms with Crippen LogP contribution in [0, 0.1) is 5.92 Å². The van der Waals surface area contributed by atoms with E-state index in [1.165, 1.54) is 19.6 Å². The molecule has 2 N–H and O–H groups in total. The number of piperazine rings is 1. The predicted octanol–water partition coefficient (Wildman–Crippen LogP) is 1.16. The number of likely N-dealkylation sites (N-methyl/N-ethyl adjacent to an activating group) is 1. The van der Waals surface area contributed by atoms with E-state index in [0.717, 1.165) is 39.1 Å². The highest BCUT2D eigenvalue weighted by Crippen LogP contribution is 2.33. The standard InChI is InChI=1S/C15H31N3O/c1-4-17-6-8-18(9-7-17)15(12-16)5-10-19-14(11-15)13(2)3/h13-14H,4-12,16H2,1-3H3. The second-order valence-electron chi connectivity index (χ2n) is 6.46. The Morgan fingerprint density at radius 2 is 1.95 bits per heavy atom. The molecule has 0 aliphatic carbocycles. The monoisotopic (exact) mass is 269 g/mol. The van der Waals surface area contributed by atoms with Gasteiger partial charge in [-0.3, -0.25) is 4.90 Å². The summed E-state index contributed by atoms with van der Waals surface area (Å²) in [5.41, 5.74) is 6.38. The summed E-state index contributed by atoms with van der Waals surface area (Å²) < 4.78 is 5.94. The fourth-order valence-electron chi connectivity index (χ4n) is 3.50. The van der Waals surface area contributed by atoms with Crippen LogP contribution >= 0.6 is 0 Å². The third kappa shape index (κ3) is 3.30. The molecule has 0 saturated carbocycles. The Labute approximate surface area is 118 Å². The lowest BCUT2D eigenvalue weighted by atomic mass is 9.81. The predicted molar refractivity (Wildman–Crippen MR) is 79.3 cm³/mol. The average Bonchev–Trinajstić information content (AvgIpc) is 2.47. The van der Waals surface area contributed by atoms with Crippen LogP contribution in [0.5, 0.6) is 0 Å². The summed E-state index contributed by atoms with van der Waals surface area (Å²) in [5.74, 6) is 0.586. The van der Waals surface area contributed by atoms with Crippen molar-refractivity contribution in [2.45, 2.75) is 45.3 Å². The van der Waals surface area contributed by atoms with Gasteiger partial charge in [-0.25, -0.2) is 0 Å². The maximum absolute atomic E-state index is 6.19. The second-order valence-corrected chi connectivity index (χ2v) is 6.46. The first kappa shape index (κ1) is 15.2. The molecule has 2 atom stereocenters. The first-order valence-electron chi connectivity index (χ1n) is 7.90. The molecule has 2 heterocycles. The van der Waals surface area contributed by atoms with E-state index in [0.29, 0.717) is 12.0 Å². The smallest absolute Gasteiger partial charge is 0.0616 e. The van der Waals surface area contributed by atoms with Crippen LogP contribution in [0.2, 0.25) is 0 Å². The van der Waals surface area contributed by atoms with E-state index in [-0.39, 0.29) is 5.54 Å². The lowest BCUT2D eigenvalue weighted by Gasteiger charge is -2.51. The lowest BCUT2D eigenvalue weighted by Crippen LogP contribution is -2.63. The highest BCUT2D eigenvalue weighted by Gasteiger charge is 2.42. The van der Waals surface area contributed by atoms with E-state index in [4.69, 9.17) is 10.5 Å². The number of ether oxygens (including phenoxy) is 1. The summed E-state index contributed by atoms with van der Waals surface area (Å²) in [5, 5.41) is 0. The fourth-order valence-corrected chi connectivity index (χ4v) is 3.50. The van der Waals surface area contributed by atoms with Crippen LogP contribution in [0.3, 0.4) is 0 Å². The van der Waals surface area contributed by atoms with E-state index in [9.17, 15) is 0 Å². The Morgan fingerprint density at radius 3 is 2.47 bits per heavy atom. The van der Waals surface area contributed by atoms with Gasteiger partial charge in [0, 0.05) is 44.9 Å². The van der Waals surface area contributed by atoms with Crippen LogP contribution in [0.25, 0.3) is 0 Å². The molecule has 0 amide bonds. The van der Waals surface area contributed by atoms with Crippen molar-refractivity contribution in [3.05, 3.63) is 0 Å². The Hall–Kier alpha value is -0.160. The molecule has 112 valence electrons. The quantitative estimate of drug-likeness (QED) is 0.831. The molecule has 0 aromatic carbocycles. The molecule has 0 spiro atoms. The molecule has 2 aliphatic heterocycles. The third-order valence-corrected chi connectivity index (χ3v) is 5.09. The molecule has 0 bridgehead atoms. The Balaban J connectivity index is 2.01. The van der Waals surface area contributed by atoms with Crippen LogP contribution in [0.4, 0.5) is 0 Å². The van der Waals surface area contributed by atoms with Gasteiger partial charge in [0.25, 0.3) is 0 Å². The fraction of sp³-hybridized carbons (Fsp3) is 1.00. The molecule has 2 saturated heterocycles. The Bertz CT molecular complexity index is 277. The van der Waals surface area contributed by atoms with Crippen LogP contribution in [0.1, 0.15) is 33.6 Å². The number of nitrogens with zero attached hydrogens (tertiary/aromatic N) is 2. The first-order chi connectivity index (χ1) is 9.11. The van der Waals surface area contributed by atoms with Gasteiger partial charge < -0.3 is 15.4 Å². The van der Waals surface area contributed by atoms with Crippen molar-refractivity contribution >= 4 is 0 Å². The third-order valence-electron chi connectivity index (χ3n) is 5.09. The minimum Gasteiger partial charge on any atom is -0.378 e. The zero-order valence-electron chi connectivity index (χ0n) is 12.9. The Kier molecular flexibility index (Phi) is 5.23. The highest BCUT2D eigenvalue weighted by molar-refractivity contribution is 4.98. The van der Waals surface area contributed by atoms with E-state index in [1.54, 1.807) is 0 Å². The maximum atomic E-state index is 6.19. The van der Waals surface area contributed by atoms with Gasteiger partial charge in [0.15, 0.2) is 0 Å². The molecule has 0 aromatic rings. The van der Waals surface area contributed by atoms with Gasteiger partial charge in [-0.2, -0.15) is 0 Å². The molecule has 2 fully saturated rings. The summed E-state index contributed by atoms with van der Waals surface area (Å²) in [7, 11) is 0. The topological polar surface area (TPSA) is 41.7 Å². The number of nitrogens with two attached hydrogens (primary N) is 1. The molecule has 2 unspecified atom stereocenters. The maximum Gasteiger partial charge on any atom is 0.0616 e. The van der Waals surface area contributed by atoms with Crippen molar-refractivity contribution in [2.75, 3.05) is 45.9 Å². The van der Waals surface area contributed by atoms with Crippen molar-refractivity contribution in [3.63, 3.8) is 0 Å². The molecular formula is C15H31N3O. The zero-order chi connectivity index (χ0) is 13.9. The van der Waals surface area contributed by atoms with Crippen molar-refractivity contribution in [2.24, 2.45) is 11.7 Å². The van der Waals surface area contributed by atoms with Crippen molar-refractivity contribution in [1.29, 1.82) is 0 Å². The summed E-state index contributed by atoms with van der Waals surface area (Å²) >= 11 is 0. The van der Waals surface area contributed by atoms with Gasteiger partial charge in [-0.1, -0.05) is 20.8 Å². The van der Waals surface area contributed by atoms with E-state index >= 15 is 0 Å². The normalized spacial score (nSPS) is 34.9. The minimum absolute atomic E-state index is 0.188. The molecule has 0 aromatic heterocycles. The summed E-state index contributed by atoms with van der Waals surface area (Å²) in [4.78, 5) is 5.18. The molecule has 0 radical (unpaired) electrons. The molecule has 2 rings (SSSR count). The van der Waals surface area contributed by atoms with Gasteiger partial charge in [0.1, 0.15) is 0 Å². The summed E-state index contributed by atoms with van der Waals surface area (Å²) in [6, 6.07) is 0. The molecule has 4 nitrogen and oxygen atoms in total. The van der Waals surface area contributed by atoms with Gasteiger partial charge >= 0.3 is 0 Å². The summed E-state index contributed by atoms with van der Waals surface area (Å²) in [6.07, 6.45) is 2.58. The largest absolute Gasteiger partial charge is 0.378 e. The molecular weight excluding hydrogens is 238 g/mol. The number of hydrogen-bond donors (Lipinski definition) is 1. The van der Waals surface area contributed by atoms with Gasteiger partial charge in [-0.15, -0.1) is 0 Å². The molecule has 19 heavy (non-hydrogen) atoms. The lowest BCUT2D eigenvalue weighted by molar-refractivity contribution is -0.0959. The van der Waals surface area contributed by atoms with Gasteiger partial charge in [0.2, 0.25) is 0 Å². The van der Waals surface area contributed by atoms with E-state index in [1.807, 2.05) is 0 Å². The molecule has 4 heteroatoms. The number of rotatable bonds is 4. The minimum atomic E-state index is 0.188. The van der Waals surface area contributed by atoms with Gasteiger partial charge in [-0.05, 0) is 25.3 Å². The SMILES string of the molecule is CCN1CCN(C2(CN)CCOC(C(C)C)C2)CC1. The van der Waals surface area contributed by atoms with Crippen LogP contribution in [-0.4, -0.2) is 67.3 Å². The number of hydrogen-bond acceptors (Lipinski definition) is 4. The Morgan fingerprint density at radius 1 is 1.26 bits per heavy atom. The van der Waals surface area contributed by atoms with E-state index < -0.39 is 0 Å². The van der Waals surface area contributed by atoms with E-state index in [2.05, 4.69) is 30.6 Å². The summed E-state index contributed by atoms with van der Waals surface area (Å²) in [6.45, 7) is 14.3. The molecule has 2 aliphatic rings. The second kappa shape index (κ2) is 6.53. The van der Waals surface area contributed by atoms with Crippen LogP contribution in [-0.2, 0) is 4.74 Å². The van der Waals surface area contributed by atoms with Crippen molar-refractivity contribution < 1.29 is 4.74 Å². The van der Waals surface area contributed by atoms with Crippen LogP contribution in [0.15, 0.2) is 0 Å². The average molecular weight is 269 g/mol. The zero-order valence-corrected chi connectivity index (χ0v) is 12.9. The van der Waals surface area contributed by atoms with Crippen LogP contribution < -0.4 is 5.73 Å². The van der Waals surface area contributed by atoms with Gasteiger partial charge in [0.05, 0.1) is 6.10 Å². The van der Waals surface area contributed by atoms with Crippen molar-refractivity contribution in [3.8, 4) is 0 Å².